The second-order valence-corrected chi connectivity index (χ2v) is 9.91. The number of ether oxygens (including phenoxy) is 1. The summed E-state index contributed by atoms with van der Waals surface area (Å²) >= 11 is 1.62. The predicted octanol–water partition coefficient (Wildman–Crippen LogP) is 3.22. The molecule has 3 aromatic rings. The van der Waals surface area contributed by atoms with Gasteiger partial charge in [0.25, 0.3) is 0 Å². The lowest BCUT2D eigenvalue weighted by Crippen LogP contribution is -2.35. The first kappa shape index (κ1) is 20.1. The van der Waals surface area contributed by atoms with Gasteiger partial charge >= 0.3 is 0 Å². The van der Waals surface area contributed by atoms with Gasteiger partial charge in [0.1, 0.15) is 22.2 Å². The summed E-state index contributed by atoms with van der Waals surface area (Å²) in [5.74, 6) is 2.29. The molecule has 1 aromatic carbocycles. The molecule has 0 spiro atoms. The van der Waals surface area contributed by atoms with Gasteiger partial charge < -0.3 is 9.64 Å². The van der Waals surface area contributed by atoms with E-state index >= 15 is 0 Å². The molecule has 0 amide bonds. The van der Waals surface area contributed by atoms with Crippen molar-refractivity contribution < 1.29 is 13.2 Å². The summed E-state index contributed by atoms with van der Waals surface area (Å²) in [4.78, 5) is 12.7. The van der Waals surface area contributed by atoms with Gasteiger partial charge in [0.05, 0.1) is 17.4 Å². The van der Waals surface area contributed by atoms with Crippen molar-refractivity contribution in [2.24, 2.45) is 0 Å². The summed E-state index contributed by atoms with van der Waals surface area (Å²) in [6.07, 6.45) is 0.739. The fourth-order valence-corrected chi connectivity index (χ4v) is 6.07. The lowest BCUT2D eigenvalue weighted by atomic mass is 10.2. The zero-order valence-corrected chi connectivity index (χ0v) is 18.4. The van der Waals surface area contributed by atoms with E-state index in [0.29, 0.717) is 30.3 Å². The van der Waals surface area contributed by atoms with E-state index in [1.807, 2.05) is 6.92 Å². The Balaban J connectivity index is 1.59. The third-order valence-electron chi connectivity index (χ3n) is 5.16. The number of thiophene rings is 1. The minimum absolute atomic E-state index is 0.292. The molecule has 0 saturated carbocycles. The molecule has 29 heavy (non-hydrogen) atoms. The van der Waals surface area contributed by atoms with Crippen LogP contribution in [0.4, 0.5) is 5.82 Å². The van der Waals surface area contributed by atoms with Crippen LogP contribution in [0.25, 0.3) is 10.2 Å². The number of aryl methyl sites for hydroxylation is 2. The number of rotatable bonds is 4. The first-order chi connectivity index (χ1) is 13.9. The van der Waals surface area contributed by atoms with E-state index in [-0.39, 0.29) is 0 Å². The van der Waals surface area contributed by atoms with E-state index in [9.17, 15) is 8.42 Å². The third-order valence-corrected chi connectivity index (χ3v) is 8.06. The van der Waals surface area contributed by atoms with Crippen LogP contribution in [0.3, 0.4) is 0 Å². The highest BCUT2D eigenvalue weighted by Crippen LogP contribution is 2.32. The van der Waals surface area contributed by atoms with E-state index in [2.05, 4.69) is 22.2 Å². The maximum atomic E-state index is 13.1. The van der Waals surface area contributed by atoms with E-state index in [0.717, 1.165) is 40.4 Å². The summed E-state index contributed by atoms with van der Waals surface area (Å²) in [5, 5.41) is 3.17. The second-order valence-electron chi connectivity index (χ2n) is 7.11. The third kappa shape index (κ3) is 3.82. The molecule has 0 atom stereocenters. The van der Waals surface area contributed by atoms with E-state index in [4.69, 9.17) is 9.72 Å². The van der Waals surface area contributed by atoms with Crippen molar-refractivity contribution in [3.05, 3.63) is 41.0 Å². The fraction of sp³-hybridized carbons (Fsp3) is 0.400. The van der Waals surface area contributed by atoms with Gasteiger partial charge in [-0.25, -0.2) is 18.4 Å². The van der Waals surface area contributed by atoms with Gasteiger partial charge in [-0.1, -0.05) is 0 Å². The van der Waals surface area contributed by atoms with Gasteiger partial charge in [0.2, 0.25) is 10.0 Å². The van der Waals surface area contributed by atoms with Crippen molar-refractivity contribution in [2.75, 3.05) is 38.2 Å². The Labute approximate surface area is 175 Å². The molecule has 0 N–H and O–H groups in total. The summed E-state index contributed by atoms with van der Waals surface area (Å²) in [6.45, 7) is 6.23. The first-order valence-corrected chi connectivity index (χ1v) is 11.8. The Morgan fingerprint density at radius 2 is 1.79 bits per heavy atom. The average molecular weight is 433 g/mol. The smallest absolute Gasteiger partial charge is 0.243 e. The van der Waals surface area contributed by atoms with Crippen LogP contribution in [0.5, 0.6) is 5.75 Å². The van der Waals surface area contributed by atoms with Gasteiger partial charge in [0, 0.05) is 26.2 Å². The SMILES string of the molecule is COc1ccc(S(=O)(=O)N2CCCN(c3nc(C)nc4scc(C)c34)CC2)cc1. The zero-order valence-electron chi connectivity index (χ0n) is 16.8. The summed E-state index contributed by atoms with van der Waals surface area (Å²) in [5.41, 5.74) is 1.16. The molecular formula is C20H24N4O3S2. The number of methoxy groups -OCH3 is 1. The Kier molecular flexibility index (Phi) is 5.46. The standard InChI is InChI=1S/C20H24N4O3S2/c1-14-13-28-20-18(14)19(21-15(2)22-20)23-9-4-10-24(12-11-23)29(25,26)17-7-5-16(27-3)6-8-17/h5-8,13H,4,9-12H2,1-3H3. The Bertz CT molecular complexity index is 1130. The molecule has 1 saturated heterocycles. The van der Waals surface area contributed by atoms with E-state index in [1.165, 1.54) is 0 Å². The highest BCUT2D eigenvalue weighted by molar-refractivity contribution is 7.89. The molecule has 7 nitrogen and oxygen atoms in total. The highest BCUT2D eigenvalue weighted by Gasteiger charge is 2.28. The van der Waals surface area contributed by atoms with Crippen LogP contribution < -0.4 is 9.64 Å². The average Bonchev–Trinajstić information content (AvgIpc) is 2.93. The Morgan fingerprint density at radius 1 is 1.03 bits per heavy atom. The number of aromatic nitrogens is 2. The molecule has 4 rings (SSSR count). The molecule has 0 aliphatic carbocycles. The number of sulfonamides is 1. The van der Waals surface area contributed by atoms with Crippen LogP contribution in [-0.4, -0.2) is 56.0 Å². The molecular weight excluding hydrogens is 408 g/mol. The molecule has 1 aliphatic heterocycles. The molecule has 1 aliphatic rings. The van der Waals surface area contributed by atoms with Gasteiger partial charge in [-0.2, -0.15) is 4.31 Å². The minimum Gasteiger partial charge on any atom is -0.497 e. The first-order valence-electron chi connectivity index (χ1n) is 9.52. The summed E-state index contributed by atoms with van der Waals surface area (Å²) in [7, 11) is -1.98. The van der Waals surface area contributed by atoms with Crippen LogP contribution in [0.2, 0.25) is 0 Å². The lowest BCUT2D eigenvalue weighted by molar-refractivity contribution is 0.413. The highest BCUT2D eigenvalue weighted by atomic mass is 32.2. The molecule has 154 valence electrons. The Hall–Kier alpha value is -2.23. The van der Waals surface area contributed by atoms with Crippen molar-refractivity contribution >= 4 is 37.4 Å². The molecule has 0 radical (unpaired) electrons. The molecule has 1 fully saturated rings. The van der Waals surface area contributed by atoms with Crippen molar-refractivity contribution in [1.82, 2.24) is 14.3 Å². The fourth-order valence-electron chi connectivity index (χ4n) is 3.64. The molecule has 3 heterocycles. The summed E-state index contributed by atoms with van der Waals surface area (Å²) < 4.78 is 32.9. The number of nitrogens with zero attached hydrogens (tertiary/aromatic N) is 4. The van der Waals surface area contributed by atoms with E-state index in [1.54, 1.807) is 47.0 Å². The van der Waals surface area contributed by atoms with E-state index < -0.39 is 10.0 Å². The van der Waals surface area contributed by atoms with Crippen LogP contribution in [0, 0.1) is 13.8 Å². The van der Waals surface area contributed by atoms with Crippen LogP contribution >= 0.6 is 11.3 Å². The van der Waals surface area contributed by atoms with Crippen LogP contribution in [0.1, 0.15) is 17.8 Å². The largest absolute Gasteiger partial charge is 0.497 e. The number of anilines is 1. The lowest BCUT2D eigenvalue weighted by Gasteiger charge is -2.23. The Morgan fingerprint density at radius 3 is 2.52 bits per heavy atom. The molecule has 9 heteroatoms. The maximum absolute atomic E-state index is 13.1. The topological polar surface area (TPSA) is 75.6 Å². The van der Waals surface area contributed by atoms with Gasteiger partial charge in [0.15, 0.2) is 0 Å². The number of hydrogen-bond acceptors (Lipinski definition) is 7. The van der Waals surface area contributed by atoms with Gasteiger partial charge in [-0.05, 0) is 55.5 Å². The monoisotopic (exact) mass is 432 g/mol. The molecule has 2 aromatic heterocycles. The summed E-state index contributed by atoms with van der Waals surface area (Å²) in [6, 6.07) is 6.55. The van der Waals surface area contributed by atoms with Crippen molar-refractivity contribution in [1.29, 1.82) is 0 Å². The van der Waals surface area contributed by atoms with Crippen molar-refractivity contribution in [3.63, 3.8) is 0 Å². The number of fused-ring (bicyclic) bond motifs is 1. The maximum Gasteiger partial charge on any atom is 0.243 e. The van der Waals surface area contributed by atoms with Crippen LogP contribution in [-0.2, 0) is 10.0 Å². The van der Waals surface area contributed by atoms with Gasteiger partial charge in [-0.15, -0.1) is 11.3 Å². The normalized spacial score (nSPS) is 16.2. The zero-order chi connectivity index (χ0) is 20.6. The number of benzene rings is 1. The second kappa shape index (κ2) is 7.89. The molecule has 0 unspecified atom stereocenters. The van der Waals surface area contributed by atoms with Crippen molar-refractivity contribution in [2.45, 2.75) is 25.2 Å². The molecule has 0 bridgehead atoms. The van der Waals surface area contributed by atoms with Crippen LogP contribution in [0.15, 0.2) is 34.5 Å². The minimum atomic E-state index is -3.54. The predicted molar refractivity (Wildman–Crippen MR) is 115 cm³/mol. The quantitative estimate of drug-likeness (QED) is 0.630. The van der Waals surface area contributed by atoms with Crippen molar-refractivity contribution in [3.8, 4) is 5.75 Å². The van der Waals surface area contributed by atoms with Gasteiger partial charge in [-0.3, -0.25) is 0 Å². The number of hydrogen-bond donors (Lipinski definition) is 0.